The molecular formula is C14H16ClF2NO. The molecule has 0 N–H and O–H groups in total. The minimum absolute atomic E-state index is 0.0732. The van der Waals surface area contributed by atoms with Crippen LogP contribution >= 0.6 is 11.6 Å². The average Bonchev–Trinajstić information content (AvgIpc) is 2.30. The highest BCUT2D eigenvalue weighted by atomic mass is 35.5. The van der Waals surface area contributed by atoms with E-state index in [1.807, 2.05) is 0 Å². The number of hydrogen-bond acceptors (Lipinski definition) is 1. The van der Waals surface area contributed by atoms with Crippen LogP contribution in [0.1, 0.15) is 35.2 Å². The first-order chi connectivity index (χ1) is 9.04. The summed E-state index contributed by atoms with van der Waals surface area (Å²) in [6.07, 6.45) is 2.91. The second kappa shape index (κ2) is 5.87. The number of rotatable bonds is 4. The van der Waals surface area contributed by atoms with Crippen molar-refractivity contribution >= 4 is 17.5 Å². The molecule has 0 heterocycles. The third-order valence-corrected chi connectivity index (χ3v) is 3.75. The number of nitrogens with zero attached hydrogens (tertiary/aromatic N) is 1. The molecule has 19 heavy (non-hydrogen) atoms. The quantitative estimate of drug-likeness (QED) is 0.776. The van der Waals surface area contributed by atoms with Gasteiger partial charge < -0.3 is 4.90 Å². The van der Waals surface area contributed by atoms with Crippen molar-refractivity contribution in [2.24, 2.45) is 0 Å². The van der Waals surface area contributed by atoms with E-state index in [-0.39, 0.29) is 17.2 Å². The monoisotopic (exact) mass is 287 g/mol. The van der Waals surface area contributed by atoms with Gasteiger partial charge in [-0.1, -0.05) is 0 Å². The van der Waals surface area contributed by atoms with Crippen LogP contribution in [0.25, 0.3) is 0 Å². The molecule has 0 radical (unpaired) electrons. The maximum absolute atomic E-state index is 13.7. The van der Waals surface area contributed by atoms with Crippen molar-refractivity contribution in [2.75, 3.05) is 12.4 Å². The Labute approximate surface area is 116 Å². The van der Waals surface area contributed by atoms with Crippen LogP contribution in [0.3, 0.4) is 0 Å². The summed E-state index contributed by atoms with van der Waals surface area (Å²) >= 11 is 5.70. The maximum Gasteiger partial charge on any atom is 0.257 e. The molecule has 2 nitrogen and oxygen atoms in total. The van der Waals surface area contributed by atoms with Crippen LogP contribution in [0.2, 0.25) is 0 Å². The normalized spacial score (nSPS) is 15.2. The minimum atomic E-state index is -0.813. The fraction of sp³-hybridized carbons (Fsp3) is 0.500. The molecule has 0 unspecified atom stereocenters. The Morgan fingerprint density at radius 1 is 1.37 bits per heavy atom. The van der Waals surface area contributed by atoms with E-state index < -0.39 is 17.5 Å². The highest BCUT2D eigenvalue weighted by Crippen LogP contribution is 2.27. The van der Waals surface area contributed by atoms with Crippen molar-refractivity contribution in [1.82, 2.24) is 4.90 Å². The number of halogens is 3. The molecule has 5 heteroatoms. The number of carbonyl (C=O) groups is 1. The standard InChI is InChI=1S/C14H16ClF2NO/c1-9-7-11(13(17)8-12(9)16)14(19)18(6-5-15)10-3-2-4-10/h7-8,10H,2-6H2,1H3. The molecule has 1 amide bonds. The molecular weight excluding hydrogens is 272 g/mol. The zero-order valence-electron chi connectivity index (χ0n) is 10.8. The Bertz CT molecular complexity index is 489. The molecule has 1 aliphatic carbocycles. The van der Waals surface area contributed by atoms with Crippen LogP contribution in [0.4, 0.5) is 8.78 Å². The van der Waals surface area contributed by atoms with Gasteiger partial charge in [-0.15, -0.1) is 11.6 Å². The predicted octanol–water partition coefficient (Wildman–Crippen LogP) is 3.51. The summed E-state index contributed by atoms with van der Waals surface area (Å²) in [6, 6.07) is 2.17. The Morgan fingerprint density at radius 2 is 2.05 bits per heavy atom. The SMILES string of the molecule is Cc1cc(C(=O)N(CCCl)C2CCC2)c(F)cc1F. The van der Waals surface area contributed by atoms with E-state index in [0.29, 0.717) is 12.4 Å². The van der Waals surface area contributed by atoms with Crippen molar-refractivity contribution in [1.29, 1.82) is 0 Å². The largest absolute Gasteiger partial charge is 0.334 e. The van der Waals surface area contributed by atoms with E-state index in [2.05, 4.69) is 0 Å². The topological polar surface area (TPSA) is 20.3 Å². The average molecular weight is 288 g/mol. The summed E-state index contributed by atoms with van der Waals surface area (Å²) < 4.78 is 27.0. The van der Waals surface area contributed by atoms with Gasteiger partial charge in [0.1, 0.15) is 11.6 Å². The van der Waals surface area contributed by atoms with Crippen LogP contribution in [0, 0.1) is 18.6 Å². The molecule has 104 valence electrons. The Balaban J connectivity index is 2.28. The van der Waals surface area contributed by atoms with Gasteiger partial charge in [0.25, 0.3) is 5.91 Å². The van der Waals surface area contributed by atoms with E-state index >= 15 is 0 Å². The lowest BCUT2D eigenvalue weighted by Crippen LogP contribution is -2.45. The minimum Gasteiger partial charge on any atom is -0.334 e. The summed E-state index contributed by atoms with van der Waals surface area (Å²) in [5.74, 6) is -1.54. The number of alkyl halides is 1. The van der Waals surface area contributed by atoms with Crippen LogP contribution in [-0.4, -0.2) is 29.3 Å². The van der Waals surface area contributed by atoms with Crippen LogP contribution in [0.5, 0.6) is 0 Å². The zero-order chi connectivity index (χ0) is 14.0. The lowest BCUT2D eigenvalue weighted by molar-refractivity contribution is 0.0593. The number of benzene rings is 1. The van der Waals surface area contributed by atoms with E-state index in [1.54, 1.807) is 4.90 Å². The molecule has 0 aliphatic heterocycles. The molecule has 1 aromatic carbocycles. The van der Waals surface area contributed by atoms with Gasteiger partial charge in [0.2, 0.25) is 0 Å². The van der Waals surface area contributed by atoms with Crippen molar-refractivity contribution in [3.8, 4) is 0 Å². The summed E-state index contributed by atoms with van der Waals surface area (Å²) in [7, 11) is 0. The van der Waals surface area contributed by atoms with Gasteiger partial charge in [0, 0.05) is 24.5 Å². The molecule has 1 aliphatic rings. The van der Waals surface area contributed by atoms with Crippen LogP contribution < -0.4 is 0 Å². The zero-order valence-corrected chi connectivity index (χ0v) is 11.5. The third-order valence-electron chi connectivity index (χ3n) is 3.58. The number of hydrogen-bond donors (Lipinski definition) is 0. The molecule has 1 aromatic rings. The van der Waals surface area contributed by atoms with Gasteiger partial charge in [-0.25, -0.2) is 8.78 Å². The molecule has 1 fully saturated rings. The molecule has 0 atom stereocenters. The lowest BCUT2D eigenvalue weighted by Gasteiger charge is -2.37. The second-order valence-electron chi connectivity index (χ2n) is 4.85. The highest BCUT2D eigenvalue weighted by Gasteiger charge is 2.30. The lowest BCUT2D eigenvalue weighted by atomic mass is 9.91. The number of amides is 1. The highest BCUT2D eigenvalue weighted by molar-refractivity contribution is 6.18. The molecule has 0 spiro atoms. The first-order valence-electron chi connectivity index (χ1n) is 6.37. The van der Waals surface area contributed by atoms with E-state index in [0.717, 1.165) is 25.3 Å². The Kier molecular flexibility index (Phi) is 4.40. The van der Waals surface area contributed by atoms with Gasteiger partial charge in [0.15, 0.2) is 0 Å². The van der Waals surface area contributed by atoms with Crippen LogP contribution in [-0.2, 0) is 0 Å². The van der Waals surface area contributed by atoms with E-state index in [4.69, 9.17) is 11.6 Å². The van der Waals surface area contributed by atoms with Gasteiger partial charge >= 0.3 is 0 Å². The first kappa shape index (κ1) is 14.3. The molecule has 0 bridgehead atoms. The molecule has 1 saturated carbocycles. The number of aryl methyl sites for hydroxylation is 1. The fourth-order valence-electron chi connectivity index (χ4n) is 2.22. The molecule has 0 saturated heterocycles. The second-order valence-corrected chi connectivity index (χ2v) is 5.23. The van der Waals surface area contributed by atoms with E-state index in [1.165, 1.54) is 13.0 Å². The summed E-state index contributed by atoms with van der Waals surface area (Å²) in [4.78, 5) is 14.0. The van der Waals surface area contributed by atoms with Crippen molar-refractivity contribution in [3.05, 3.63) is 34.9 Å². The fourth-order valence-corrected chi connectivity index (χ4v) is 2.40. The van der Waals surface area contributed by atoms with E-state index in [9.17, 15) is 13.6 Å². The van der Waals surface area contributed by atoms with Crippen molar-refractivity contribution in [2.45, 2.75) is 32.2 Å². The summed E-state index contributed by atoms with van der Waals surface area (Å²) in [6.45, 7) is 1.90. The van der Waals surface area contributed by atoms with Crippen molar-refractivity contribution < 1.29 is 13.6 Å². The summed E-state index contributed by atoms with van der Waals surface area (Å²) in [5.41, 5.74) is 0.195. The van der Waals surface area contributed by atoms with Crippen LogP contribution in [0.15, 0.2) is 12.1 Å². The van der Waals surface area contributed by atoms with Crippen molar-refractivity contribution in [3.63, 3.8) is 0 Å². The van der Waals surface area contributed by atoms with Gasteiger partial charge in [-0.05, 0) is 37.8 Å². The Morgan fingerprint density at radius 3 is 2.58 bits per heavy atom. The summed E-state index contributed by atoms with van der Waals surface area (Å²) in [5, 5.41) is 0. The van der Waals surface area contributed by atoms with Gasteiger partial charge in [0.05, 0.1) is 5.56 Å². The Hall–Kier alpha value is -1.16. The first-order valence-corrected chi connectivity index (χ1v) is 6.90. The maximum atomic E-state index is 13.7. The number of carbonyl (C=O) groups excluding carboxylic acids is 1. The smallest absolute Gasteiger partial charge is 0.257 e. The van der Waals surface area contributed by atoms with Gasteiger partial charge in [-0.2, -0.15) is 0 Å². The third kappa shape index (κ3) is 2.89. The van der Waals surface area contributed by atoms with Gasteiger partial charge in [-0.3, -0.25) is 4.79 Å². The molecule has 2 rings (SSSR count). The molecule has 0 aromatic heterocycles. The predicted molar refractivity (Wildman–Crippen MR) is 70.5 cm³/mol.